The molecule has 0 aliphatic carbocycles. The first-order chi connectivity index (χ1) is 8.93. The Labute approximate surface area is 116 Å². The number of nitrogens with one attached hydrogen (secondary N) is 1. The minimum absolute atomic E-state index is 0.0119. The number of Topliss-reactive ketones (excluding diaryl/α,β-unsaturated/α-hetero) is 1. The average molecular weight is 333 g/mol. The van der Waals surface area contributed by atoms with Gasteiger partial charge in [-0.1, -0.05) is 0 Å². The first kappa shape index (κ1) is 15.4. The molecular weight excluding hydrogens is 320 g/mol. The summed E-state index contributed by atoms with van der Waals surface area (Å²) in [6.45, 7) is 1.74. The van der Waals surface area contributed by atoms with E-state index in [0.29, 0.717) is 0 Å². The lowest BCUT2D eigenvalue weighted by Gasteiger charge is -2.04. The molecule has 8 heteroatoms. The lowest BCUT2D eigenvalue weighted by Crippen LogP contribution is -2.32. The molecule has 0 radical (unpaired) electrons. The van der Waals surface area contributed by atoms with Crippen LogP contribution in [0, 0.1) is 0 Å². The van der Waals surface area contributed by atoms with Gasteiger partial charge in [-0.2, -0.15) is 0 Å². The van der Waals surface area contributed by atoms with E-state index < -0.39 is 17.2 Å². The minimum atomic E-state index is -0.669. The van der Waals surface area contributed by atoms with E-state index in [1.54, 1.807) is 6.92 Å². The molecule has 1 aromatic heterocycles. The molecule has 1 N–H and O–H groups in total. The van der Waals surface area contributed by atoms with Crippen LogP contribution in [0.5, 0.6) is 0 Å². The third kappa shape index (κ3) is 4.82. The third-order valence-corrected chi connectivity index (χ3v) is 2.79. The number of nitrogens with zero attached hydrogens (tertiary/aromatic N) is 1. The molecule has 0 aliphatic heterocycles. The Kier molecular flexibility index (Phi) is 5.68. The number of aromatic amines is 1. The smallest absolute Gasteiger partial charge is 0.328 e. The SMILES string of the molecule is CCOC(=O)CCC(=O)Cn1cc(Br)c(=O)[nH]c1=O. The van der Waals surface area contributed by atoms with Gasteiger partial charge in [-0.15, -0.1) is 0 Å². The fourth-order valence-electron chi connectivity index (χ4n) is 1.34. The van der Waals surface area contributed by atoms with Gasteiger partial charge in [0.2, 0.25) is 0 Å². The number of aromatic nitrogens is 2. The standard InChI is InChI=1S/C11H13BrN2O5/c1-2-19-9(16)4-3-7(15)5-14-6-8(12)10(17)13-11(14)18/h6H,2-5H2,1H3,(H,13,17,18). The van der Waals surface area contributed by atoms with Crippen LogP contribution in [0.15, 0.2) is 20.3 Å². The number of carbonyl (C=O) groups excluding carboxylic acids is 2. The van der Waals surface area contributed by atoms with Crippen LogP contribution in [0.1, 0.15) is 19.8 Å². The van der Waals surface area contributed by atoms with E-state index in [0.717, 1.165) is 4.57 Å². The summed E-state index contributed by atoms with van der Waals surface area (Å²) in [7, 11) is 0. The van der Waals surface area contributed by atoms with Crippen LogP contribution < -0.4 is 11.2 Å². The number of hydrogen-bond acceptors (Lipinski definition) is 5. The Balaban J connectivity index is 2.63. The molecule has 1 aromatic rings. The first-order valence-electron chi connectivity index (χ1n) is 5.60. The van der Waals surface area contributed by atoms with Crippen LogP contribution >= 0.6 is 15.9 Å². The Morgan fingerprint density at radius 2 is 2.05 bits per heavy atom. The number of hydrogen-bond donors (Lipinski definition) is 1. The van der Waals surface area contributed by atoms with Crippen molar-refractivity contribution in [3.05, 3.63) is 31.5 Å². The predicted molar refractivity (Wildman–Crippen MR) is 69.9 cm³/mol. The van der Waals surface area contributed by atoms with Crippen LogP contribution in [-0.4, -0.2) is 27.9 Å². The number of carbonyl (C=O) groups is 2. The first-order valence-corrected chi connectivity index (χ1v) is 6.40. The highest BCUT2D eigenvalue weighted by molar-refractivity contribution is 9.10. The summed E-state index contributed by atoms with van der Waals surface area (Å²) < 4.78 is 5.91. The van der Waals surface area contributed by atoms with Gasteiger partial charge >= 0.3 is 11.7 Å². The molecule has 19 heavy (non-hydrogen) atoms. The number of halogens is 1. The van der Waals surface area contributed by atoms with Crippen molar-refractivity contribution < 1.29 is 14.3 Å². The molecule has 1 rings (SSSR count). The molecule has 0 bridgehead atoms. The summed E-state index contributed by atoms with van der Waals surface area (Å²) in [5.74, 6) is -0.750. The van der Waals surface area contributed by atoms with Crippen molar-refractivity contribution >= 4 is 27.7 Å². The lowest BCUT2D eigenvalue weighted by molar-refractivity contribution is -0.144. The predicted octanol–water partition coefficient (Wildman–Crippen LogP) is 0.212. The van der Waals surface area contributed by atoms with Gasteiger partial charge in [0.25, 0.3) is 5.56 Å². The van der Waals surface area contributed by atoms with Gasteiger partial charge in [-0.3, -0.25) is 23.9 Å². The summed E-state index contributed by atoms with van der Waals surface area (Å²) in [4.78, 5) is 47.2. The van der Waals surface area contributed by atoms with Gasteiger partial charge in [0, 0.05) is 12.6 Å². The molecule has 104 valence electrons. The minimum Gasteiger partial charge on any atom is -0.466 e. The highest BCUT2D eigenvalue weighted by atomic mass is 79.9. The molecule has 1 heterocycles. The summed E-state index contributed by atoms with van der Waals surface area (Å²) in [6, 6.07) is 0. The summed E-state index contributed by atoms with van der Waals surface area (Å²) >= 11 is 2.96. The van der Waals surface area contributed by atoms with Gasteiger partial charge < -0.3 is 4.74 Å². The Morgan fingerprint density at radius 1 is 1.37 bits per heavy atom. The van der Waals surface area contributed by atoms with Crippen molar-refractivity contribution in [2.75, 3.05) is 6.61 Å². The number of rotatable bonds is 6. The Bertz CT molecular complexity index is 589. The van der Waals surface area contributed by atoms with Crippen molar-refractivity contribution in [3.8, 4) is 0 Å². The average Bonchev–Trinajstić information content (AvgIpc) is 2.34. The Morgan fingerprint density at radius 3 is 2.68 bits per heavy atom. The molecule has 0 saturated heterocycles. The maximum absolute atomic E-state index is 11.6. The molecule has 0 unspecified atom stereocenters. The number of esters is 1. The van der Waals surface area contributed by atoms with Crippen molar-refractivity contribution in [2.45, 2.75) is 26.3 Å². The topological polar surface area (TPSA) is 98.2 Å². The molecule has 0 spiro atoms. The van der Waals surface area contributed by atoms with Crippen LogP contribution in [0.3, 0.4) is 0 Å². The normalized spacial score (nSPS) is 10.2. The van der Waals surface area contributed by atoms with Crippen molar-refractivity contribution in [3.63, 3.8) is 0 Å². The number of ether oxygens (including phenoxy) is 1. The van der Waals surface area contributed by atoms with E-state index in [1.807, 2.05) is 0 Å². The third-order valence-electron chi connectivity index (χ3n) is 2.23. The van der Waals surface area contributed by atoms with Crippen LogP contribution in [0.25, 0.3) is 0 Å². The second kappa shape index (κ2) is 7.03. The molecular formula is C11H13BrN2O5. The molecule has 0 amide bonds. The number of ketones is 1. The summed E-state index contributed by atoms with van der Waals surface area (Å²) in [5, 5.41) is 0. The fourth-order valence-corrected chi connectivity index (χ4v) is 1.69. The monoisotopic (exact) mass is 332 g/mol. The highest BCUT2D eigenvalue weighted by Gasteiger charge is 2.10. The van der Waals surface area contributed by atoms with Crippen molar-refractivity contribution in [1.82, 2.24) is 9.55 Å². The van der Waals surface area contributed by atoms with E-state index in [2.05, 4.69) is 25.7 Å². The summed E-state index contributed by atoms with van der Waals surface area (Å²) in [5.41, 5.74) is -1.22. The molecule has 0 atom stereocenters. The van der Waals surface area contributed by atoms with E-state index in [-0.39, 0.29) is 36.2 Å². The van der Waals surface area contributed by atoms with E-state index >= 15 is 0 Å². The lowest BCUT2D eigenvalue weighted by atomic mass is 10.2. The highest BCUT2D eigenvalue weighted by Crippen LogP contribution is 2.00. The molecule has 7 nitrogen and oxygen atoms in total. The summed E-state index contributed by atoms with van der Waals surface area (Å²) in [6.07, 6.45) is 1.21. The van der Waals surface area contributed by atoms with Crippen LogP contribution in [-0.2, 0) is 20.9 Å². The number of H-pyrrole nitrogens is 1. The van der Waals surface area contributed by atoms with Gasteiger partial charge in [0.1, 0.15) is 0 Å². The maximum Gasteiger partial charge on any atom is 0.328 e. The van der Waals surface area contributed by atoms with Crippen molar-refractivity contribution in [2.24, 2.45) is 0 Å². The van der Waals surface area contributed by atoms with Gasteiger partial charge in [-0.05, 0) is 22.9 Å². The van der Waals surface area contributed by atoms with Crippen LogP contribution in [0.2, 0.25) is 0 Å². The van der Waals surface area contributed by atoms with Gasteiger partial charge in [0.05, 0.1) is 24.0 Å². The second-order valence-electron chi connectivity index (χ2n) is 3.71. The quantitative estimate of drug-likeness (QED) is 0.751. The zero-order valence-electron chi connectivity index (χ0n) is 10.3. The fraction of sp³-hybridized carbons (Fsp3) is 0.455. The maximum atomic E-state index is 11.6. The largest absolute Gasteiger partial charge is 0.466 e. The van der Waals surface area contributed by atoms with E-state index in [1.165, 1.54) is 6.20 Å². The van der Waals surface area contributed by atoms with Crippen molar-refractivity contribution in [1.29, 1.82) is 0 Å². The van der Waals surface area contributed by atoms with E-state index in [4.69, 9.17) is 0 Å². The zero-order valence-corrected chi connectivity index (χ0v) is 11.9. The Hall–Kier alpha value is -1.70. The molecule has 0 aliphatic rings. The molecule has 0 aromatic carbocycles. The van der Waals surface area contributed by atoms with E-state index in [9.17, 15) is 19.2 Å². The van der Waals surface area contributed by atoms with Gasteiger partial charge in [0.15, 0.2) is 5.78 Å². The molecule has 0 saturated carbocycles. The van der Waals surface area contributed by atoms with Crippen LogP contribution in [0.4, 0.5) is 0 Å². The van der Waals surface area contributed by atoms with Gasteiger partial charge in [-0.25, -0.2) is 4.79 Å². The zero-order chi connectivity index (χ0) is 14.4. The molecule has 0 fully saturated rings. The second-order valence-corrected chi connectivity index (χ2v) is 4.56.